The molecular weight excluding hydrogens is 518 g/mol. The highest BCUT2D eigenvalue weighted by atomic mass is 16.5. The standard InChI is InChI=1S/C32H39N5O4/c38-29(22-41-28-12-4-2-10-26(28)37-23-34-35-30(37)25-13-14-25)36-19-16-32(17-20-36)15-6-5-9-24-8-1-3-11-27(24)40-21-7-18-33-31(32)39/h1-4,8,10-12,23,25H,5-7,9,13-22H2,(H,33,39). The number of amides is 2. The second-order valence-corrected chi connectivity index (χ2v) is 11.5. The summed E-state index contributed by atoms with van der Waals surface area (Å²) in [6.07, 6.45) is 9.78. The molecule has 6 rings (SSSR count). The van der Waals surface area contributed by atoms with E-state index in [4.69, 9.17) is 9.47 Å². The molecule has 0 radical (unpaired) electrons. The first-order valence-electron chi connectivity index (χ1n) is 15.0. The summed E-state index contributed by atoms with van der Waals surface area (Å²) in [7, 11) is 0. The summed E-state index contributed by atoms with van der Waals surface area (Å²) in [5.41, 5.74) is 1.64. The van der Waals surface area contributed by atoms with Crippen molar-refractivity contribution in [2.24, 2.45) is 5.41 Å². The lowest BCUT2D eigenvalue weighted by molar-refractivity contribution is -0.142. The number of para-hydroxylation sites is 3. The molecule has 2 fully saturated rings. The van der Waals surface area contributed by atoms with E-state index in [1.165, 1.54) is 5.56 Å². The molecule has 1 N–H and O–H groups in total. The maximum atomic E-state index is 13.4. The lowest BCUT2D eigenvalue weighted by Crippen LogP contribution is -2.51. The fourth-order valence-electron chi connectivity index (χ4n) is 6.11. The molecule has 41 heavy (non-hydrogen) atoms. The van der Waals surface area contributed by atoms with E-state index in [2.05, 4.69) is 27.6 Å². The zero-order valence-electron chi connectivity index (χ0n) is 23.6. The molecule has 9 heteroatoms. The Bertz CT molecular complexity index is 1360. The summed E-state index contributed by atoms with van der Waals surface area (Å²) >= 11 is 0. The van der Waals surface area contributed by atoms with Gasteiger partial charge >= 0.3 is 0 Å². The van der Waals surface area contributed by atoms with E-state index < -0.39 is 5.41 Å². The molecule has 9 nitrogen and oxygen atoms in total. The van der Waals surface area contributed by atoms with E-state index >= 15 is 0 Å². The summed E-state index contributed by atoms with van der Waals surface area (Å²) in [6.45, 7) is 2.24. The number of hydrogen-bond acceptors (Lipinski definition) is 6. The average Bonchev–Trinajstić information content (AvgIpc) is 3.74. The van der Waals surface area contributed by atoms with Crippen LogP contribution in [0.25, 0.3) is 5.69 Å². The number of ether oxygens (including phenoxy) is 2. The van der Waals surface area contributed by atoms with Crippen molar-refractivity contribution in [3.8, 4) is 17.2 Å². The Balaban J connectivity index is 1.06. The largest absolute Gasteiger partial charge is 0.493 e. The third-order valence-corrected chi connectivity index (χ3v) is 8.74. The van der Waals surface area contributed by atoms with Crippen LogP contribution in [0.4, 0.5) is 0 Å². The van der Waals surface area contributed by atoms with Crippen molar-refractivity contribution in [2.45, 2.75) is 63.7 Å². The number of nitrogens with one attached hydrogen (secondary N) is 1. The van der Waals surface area contributed by atoms with E-state index in [-0.39, 0.29) is 18.4 Å². The first kappa shape index (κ1) is 27.3. The molecule has 3 aromatic rings. The number of aromatic nitrogens is 3. The molecule has 3 heterocycles. The van der Waals surface area contributed by atoms with Crippen molar-refractivity contribution in [2.75, 3.05) is 32.8 Å². The summed E-state index contributed by atoms with van der Waals surface area (Å²) in [4.78, 5) is 28.5. The molecule has 216 valence electrons. The van der Waals surface area contributed by atoms with Crippen LogP contribution in [-0.2, 0) is 16.0 Å². The van der Waals surface area contributed by atoms with Gasteiger partial charge in [-0.1, -0.05) is 36.8 Å². The number of rotatable bonds is 5. The van der Waals surface area contributed by atoms with Gasteiger partial charge in [0.1, 0.15) is 23.7 Å². The van der Waals surface area contributed by atoms with Crippen LogP contribution in [-0.4, -0.2) is 64.3 Å². The molecule has 1 saturated heterocycles. The molecular formula is C32H39N5O4. The minimum atomic E-state index is -0.438. The van der Waals surface area contributed by atoms with Crippen molar-refractivity contribution < 1.29 is 19.1 Å². The second kappa shape index (κ2) is 12.3. The van der Waals surface area contributed by atoms with Crippen LogP contribution in [0.5, 0.6) is 11.5 Å². The maximum Gasteiger partial charge on any atom is 0.260 e. The van der Waals surface area contributed by atoms with Crippen molar-refractivity contribution in [1.29, 1.82) is 0 Å². The predicted molar refractivity (Wildman–Crippen MR) is 154 cm³/mol. The topological polar surface area (TPSA) is 98.6 Å². The number of carbonyl (C=O) groups is 2. The summed E-state index contributed by atoms with van der Waals surface area (Å²) < 4.78 is 14.0. The van der Waals surface area contributed by atoms with Gasteiger partial charge in [0.2, 0.25) is 5.91 Å². The molecule has 1 saturated carbocycles. The van der Waals surface area contributed by atoms with E-state index in [0.717, 1.165) is 62.2 Å². The van der Waals surface area contributed by atoms with E-state index in [0.29, 0.717) is 50.8 Å². The molecule has 0 atom stereocenters. The van der Waals surface area contributed by atoms with Crippen LogP contribution in [0.1, 0.15) is 68.7 Å². The van der Waals surface area contributed by atoms with Gasteiger partial charge in [-0.15, -0.1) is 10.2 Å². The Hall–Kier alpha value is -3.88. The summed E-state index contributed by atoms with van der Waals surface area (Å²) in [5, 5.41) is 11.6. The number of piperidine rings is 1. The van der Waals surface area contributed by atoms with E-state index in [1.807, 2.05) is 45.9 Å². The van der Waals surface area contributed by atoms with Gasteiger partial charge in [-0.2, -0.15) is 0 Å². The lowest BCUT2D eigenvalue weighted by Gasteiger charge is -2.41. The molecule has 1 aliphatic carbocycles. The molecule has 0 bridgehead atoms. The van der Waals surface area contributed by atoms with Gasteiger partial charge < -0.3 is 19.7 Å². The van der Waals surface area contributed by atoms with Gasteiger partial charge in [0.25, 0.3) is 5.91 Å². The predicted octanol–water partition coefficient (Wildman–Crippen LogP) is 4.44. The second-order valence-electron chi connectivity index (χ2n) is 11.5. The molecule has 1 spiro atoms. The van der Waals surface area contributed by atoms with Crippen molar-refractivity contribution in [3.05, 3.63) is 66.2 Å². The minimum absolute atomic E-state index is 0.0451. The van der Waals surface area contributed by atoms with Crippen LogP contribution >= 0.6 is 0 Å². The fraction of sp³-hybridized carbons (Fsp3) is 0.500. The Kier molecular flexibility index (Phi) is 8.21. The number of carbonyl (C=O) groups excluding carboxylic acids is 2. The van der Waals surface area contributed by atoms with Crippen molar-refractivity contribution in [3.63, 3.8) is 0 Å². The third kappa shape index (κ3) is 6.24. The van der Waals surface area contributed by atoms with Crippen molar-refractivity contribution >= 4 is 11.8 Å². The zero-order valence-corrected chi connectivity index (χ0v) is 23.6. The van der Waals surface area contributed by atoms with Crippen LogP contribution in [0, 0.1) is 5.41 Å². The number of hydrogen-bond donors (Lipinski definition) is 1. The van der Waals surface area contributed by atoms with Crippen molar-refractivity contribution in [1.82, 2.24) is 25.0 Å². The van der Waals surface area contributed by atoms with Gasteiger partial charge in [-0.05, 0) is 75.1 Å². The molecule has 3 aliphatic rings. The SMILES string of the molecule is O=C(COc1ccccc1-n1cnnc1C1CC1)N1CCC2(CCCCc3ccccc3OCCCNC2=O)CC1. The first-order chi connectivity index (χ1) is 20.1. The van der Waals surface area contributed by atoms with Gasteiger partial charge in [-0.25, -0.2) is 0 Å². The molecule has 2 amide bonds. The number of aryl methyl sites for hydroxylation is 1. The summed E-state index contributed by atoms with van der Waals surface area (Å²) in [6, 6.07) is 15.9. The average molecular weight is 558 g/mol. The fourth-order valence-corrected chi connectivity index (χ4v) is 6.11. The van der Waals surface area contributed by atoms with Crippen LogP contribution in [0.15, 0.2) is 54.9 Å². The number of likely N-dealkylation sites (tertiary alicyclic amines) is 1. The minimum Gasteiger partial charge on any atom is -0.493 e. The third-order valence-electron chi connectivity index (χ3n) is 8.74. The summed E-state index contributed by atoms with van der Waals surface area (Å²) in [5.74, 6) is 3.03. The van der Waals surface area contributed by atoms with E-state index in [9.17, 15) is 9.59 Å². The van der Waals surface area contributed by atoms with Gasteiger partial charge in [-0.3, -0.25) is 14.2 Å². The number of nitrogens with zero attached hydrogens (tertiary/aromatic N) is 4. The van der Waals surface area contributed by atoms with Gasteiger partial charge in [0.05, 0.1) is 17.7 Å². The van der Waals surface area contributed by atoms with Crippen LogP contribution in [0.3, 0.4) is 0 Å². The molecule has 1 aromatic heterocycles. The first-order valence-corrected chi connectivity index (χ1v) is 15.0. The van der Waals surface area contributed by atoms with Crippen LogP contribution < -0.4 is 14.8 Å². The quantitative estimate of drug-likeness (QED) is 0.498. The Labute approximate surface area is 241 Å². The normalized spacial score (nSPS) is 19.6. The monoisotopic (exact) mass is 557 g/mol. The highest BCUT2D eigenvalue weighted by Gasteiger charge is 2.41. The van der Waals surface area contributed by atoms with E-state index in [1.54, 1.807) is 6.33 Å². The number of fused-ring (bicyclic) bond motifs is 1. The molecule has 0 unspecified atom stereocenters. The maximum absolute atomic E-state index is 13.4. The Morgan fingerprint density at radius 2 is 1.83 bits per heavy atom. The molecule has 2 aliphatic heterocycles. The number of benzene rings is 2. The molecule has 2 aromatic carbocycles. The highest BCUT2D eigenvalue weighted by Crippen LogP contribution is 2.41. The van der Waals surface area contributed by atoms with Gasteiger partial charge in [0.15, 0.2) is 6.61 Å². The highest BCUT2D eigenvalue weighted by molar-refractivity contribution is 5.83. The zero-order chi connectivity index (χ0) is 28.1. The lowest BCUT2D eigenvalue weighted by atomic mass is 9.73. The smallest absolute Gasteiger partial charge is 0.260 e. The Morgan fingerprint density at radius 1 is 1.02 bits per heavy atom. The van der Waals surface area contributed by atoms with Crippen LogP contribution in [0.2, 0.25) is 0 Å². The Morgan fingerprint density at radius 3 is 2.68 bits per heavy atom. The van der Waals surface area contributed by atoms with Gasteiger partial charge in [0, 0.05) is 25.6 Å².